The topological polar surface area (TPSA) is 49.4 Å². The number of sulfonamides is 1. The van der Waals surface area contributed by atoms with Crippen molar-refractivity contribution in [3.8, 4) is 0 Å². The lowest BCUT2D eigenvalue weighted by molar-refractivity contribution is 0.356. The number of hydrogen-bond donors (Lipinski definition) is 1. The maximum atomic E-state index is 12.9. The lowest BCUT2D eigenvalue weighted by atomic mass is 10.1. The van der Waals surface area contributed by atoms with Gasteiger partial charge in [0.2, 0.25) is 10.0 Å². The molecule has 0 spiro atoms. The lowest BCUT2D eigenvalue weighted by Gasteiger charge is -2.25. The highest BCUT2D eigenvalue weighted by atomic mass is 32.2. The molecule has 0 saturated heterocycles. The molecule has 21 heavy (non-hydrogen) atoms. The number of nitrogens with zero attached hydrogens (tertiary/aromatic N) is 1. The van der Waals surface area contributed by atoms with Crippen LogP contribution in [0.3, 0.4) is 0 Å². The van der Waals surface area contributed by atoms with Crippen molar-refractivity contribution < 1.29 is 8.42 Å². The molecule has 1 atom stereocenters. The first-order chi connectivity index (χ1) is 9.91. The molecule has 5 heteroatoms. The molecule has 4 nitrogen and oxygen atoms in total. The van der Waals surface area contributed by atoms with Gasteiger partial charge < -0.3 is 5.32 Å². The highest BCUT2D eigenvalue weighted by molar-refractivity contribution is 7.89. The van der Waals surface area contributed by atoms with Gasteiger partial charge in [-0.3, -0.25) is 0 Å². The van der Waals surface area contributed by atoms with Crippen molar-refractivity contribution in [2.45, 2.75) is 50.6 Å². The Morgan fingerprint density at radius 2 is 2.05 bits per heavy atom. The molecule has 1 aliphatic carbocycles. The minimum absolute atomic E-state index is 0.0765. The molecule has 1 aromatic carbocycles. The van der Waals surface area contributed by atoms with Crippen molar-refractivity contribution in [3.63, 3.8) is 0 Å². The van der Waals surface area contributed by atoms with Gasteiger partial charge >= 0.3 is 0 Å². The van der Waals surface area contributed by atoms with Gasteiger partial charge in [-0.15, -0.1) is 0 Å². The maximum absolute atomic E-state index is 12.9. The molecular formula is C16H26N2O2S. The number of nitrogens with one attached hydrogen (secondary N) is 1. The monoisotopic (exact) mass is 310 g/mol. The minimum Gasteiger partial charge on any atom is -0.316 e. The Morgan fingerprint density at radius 3 is 2.57 bits per heavy atom. The van der Waals surface area contributed by atoms with E-state index in [0.717, 1.165) is 30.4 Å². The second-order valence-corrected chi connectivity index (χ2v) is 7.89. The van der Waals surface area contributed by atoms with E-state index in [1.165, 1.54) is 0 Å². The van der Waals surface area contributed by atoms with Gasteiger partial charge in [0.25, 0.3) is 0 Å². The molecule has 0 radical (unpaired) electrons. The van der Waals surface area contributed by atoms with Crippen LogP contribution in [-0.2, 0) is 23.0 Å². The van der Waals surface area contributed by atoms with Gasteiger partial charge in [0.15, 0.2) is 0 Å². The van der Waals surface area contributed by atoms with Crippen LogP contribution in [0.2, 0.25) is 0 Å². The lowest BCUT2D eigenvalue weighted by Crippen LogP contribution is -2.36. The normalized spacial score (nSPS) is 17.2. The van der Waals surface area contributed by atoms with Gasteiger partial charge in [0.1, 0.15) is 0 Å². The van der Waals surface area contributed by atoms with E-state index >= 15 is 0 Å². The molecule has 1 fully saturated rings. The first kappa shape index (κ1) is 16.5. The minimum atomic E-state index is -3.42. The predicted octanol–water partition coefficient (Wildman–Crippen LogP) is 2.39. The maximum Gasteiger partial charge on any atom is 0.243 e. The van der Waals surface area contributed by atoms with Gasteiger partial charge in [0.05, 0.1) is 4.90 Å². The molecule has 2 rings (SSSR count). The van der Waals surface area contributed by atoms with Crippen LogP contribution in [0.15, 0.2) is 23.1 Å². The Balaban J connectivity index is 2.39. The molecule has 0 bridgehead atoms. The fourth-order valence-corrected chi connectivity index (χ4v) is 4.46. The van der Waals surface area contributed by atoms with Crippen LogP contribution < -0.4 is 5.32 Å². The van der Waals surface area contributed by atoms with E-state index in [1.807, 2.05) is 39.1 Å². The Hall–Kier alpha value is -0.910. The van der Waals surface area contributed by atoms with Crippen molar-refractivity contribution in [1.82, 2.24) is 9.62 Å². The number of hydrogen-bond acceptors (Lipinski definition) is 3. The van der Waals surface area contributed by atoms with Gasteiger partial charge in [-0.1, -0.05) is 19.1 Å². The van der Waals surface area contributed by atoms with E-state index in [0.29, 0.717) is 17.4 Å². The van der Waals surface area contributed by atoms with E-state index in [1.54, 1.807) is 11.4 Å². The van der Waals surface area contributed by atoms with E-state index in [4.69, 9.17) is 0 Å². The molecular weight excluding hydrogens is 284 g/mol. The Bertz CT molecular complexity index is 594. The summed E-state index contributed by atoms with van der Waals surface area (Å²) in [6.07, 6.45) is 3.00. The molecule has 0 aromatic heterocycles. The quantitative estimate of drug-likeness (QED) is 0.841. The first-order valence-electron chi connectivity index (χ1n) is 7.66. The average Bonchev–Trinajstić information content (AvgIpc) is 3.30. The van der Waals surface area contributed by atoms with Crippen molar-refractivity contribution in [2.75, 3.05) is 14.1 Å². The summed E-state index contributed by atoms with van der Waals surface area (Å²) < 4.78 is 27.5. The number of rotatable bonds is 7. The molecule has 1 N–H and O–H groups in total. The molecule has 1 aromatic rings. The van der Waals surface area contributed by atoms with E-state index in [9.17, 15) is 8.42 Å². The van der Waals surface area contributed by atoms with Crippen LogP contribution >= 0.6 is 0 Å². The van der Waals surface area contributed by atoms with Gasteiger partial charge in [-0.2, -0.15) is 4.31 Å². The van der Waals surface area contributed by atoms with Gasteiger partial charge in [-0.25, -0.2) is 8.42 Å². The highest BCUT2D eigenvalue weighted by Crippen LogP contribution is 2.36. The van der Waals surface area contributed by atoms with Crippen LogP contribution in [0.1, 0.15) is 37.8 Å². The molecule has 1 unspecified atom stereocenters. The molecule has 0 aliphatic heterocycles. The van der Waals surface area contributed by atoms with E-state index < -0.39 is 10.0 Å². The largest absolute Gasteiger partial charge is 0.316 e. The zero-order valence-corrected chi connectivity index (χ0v) is 14.2. The SMILES string of the molecule is CCc1ccc(CNC)cc1S(=O)(=O)N(C)C(C)C1CC1. The van der Waals surface area contributed by atoms with Crippen LogP contribution in [0.4, 0.5) is 0 Å². The number of benzene rings is 1. The van der Waals surface area contributed by atoms with Crippen LogP contribution in [0.25, 0.3) is 0 Å². The summed E-state index contributed by atoms with van der Waals surface area (Å²) in [6.45, 7) is 4.68. The van der Waals surface area contributed by atoms with Gasteiger partial charge in [0, 0.05) is 19.6 Å². The Kier molecular flexibility index (Phi) is 5.07. The standard InChI is InChI=1S/C16H26N2O2S/c1-5-14-7-6-13(11-17-3)10-16(14)21(19,20)18(4)12(2)15-8-9-15/h6-7,10,12,15,17H,5,8-9,11H2,1-4H3. The number of aryl methyl sites for hydroxylation is 1. The first-order valence-corrected chi connectivity index (χ1v) is 9.10. The highest BCUT2D eigenvalue weighted by Gasteiger charge is 2.36. The molecule has 1 aliphatic rings. The molecule has 0 heterocycles. The summed E-state index contributed by atoms with van der Waals surface area (Å²) in [5.41, 5.74) is 1.89. The van der Waals surface area contributed by atoms with Crippen LogP contribution in [-0.4, -0.2) is 32.9 Å². The smallest absolute Gasteiger partial charge is 0.243 e. The third-order valence-electron chi connectivity index (χ3n) is 4.43. The van der Waals surface area contributed by atoms with E-state index in [2.05, 4.69) is 5.32 Å². The summed E-state index contributed by atoms with van der Waals surface area (Å²) in [4.78, 5) is 0.466. The van der Waals surface area contributed by atoms with Crippen molar-refractivity contribution >= 4 is 10.0 Å². The molecule has 118 valence electrons. The van der Waals surface area contributed by atoms with Gasteiger partial charge in [-0.05, 0) is 56.3 Å². The summed E-state index contributed by atoms with van der Waals surface area (Å²) in [5.74, 6) is 0.523. The van der Waals surface area contributed by atoms with E-state index in [-0.39, 0.29) is 6.04 Å². The third-order valence-corrected chi connectivity index (χ3v) is 6.45. The zero-order valence-electron chi connectivity index (χ0n) is 13.4. The molecule has 0 amide bonds. The predicted molar refractivity (Wildman–Crippen MR) is 85.7 cm³/mol. The fraction of sp³-hybridized carbons (Fsp3) is 0.625. The van der Waals surface area contributed by atoms with Crippen molar-refractivity contribution in [2.24, 2.45) is 5.92 Å². The second kappa shape index (κ2) is 6.46. The third kappa shape index (κ3) is 3.47. The van der Waals surface area contributed by atoms with Crippen molar-refractivity contribution in [3.05, 3.63) is 29.3 Å². The van der Waals surface area contributed by atoms with Crippen LogP contribution in [0.5, 0.6) is 0 Å². The van der Waals surface area contributed by atoms with Crippen molar-refractivity contribution in [1.29, 1.82) is 0 Å². The molecule has 1 saturated carbocycles. The Morgan fingerprint density at radius 1 is 1.38 bits per heavy atom. The summed E-state index contributed by atoms with van der Waals surface area (Å²) >= 11 is 0. The average molecular weight is 310 g/mol. The zero-order chi connectivity index (χ0) is 15.6. The summed E-state index contributed by atoms with van der Waals surface area (Å²) in [7, 11) is 0.154. The second-order valence-electron chi connectivity index (χ2n) is 5.93. The Labute approximate surface area is 128 Å². The fourth-order valence-electron chi connectivity index (χ4n) is 2.69. The summed E-state index contributed by atoms with van der Waals surface area (Å²) in [6, 6.07) is 5.84. The van der Waals surface area contributed by atoms with Crippen LogP contribution in [0, 0.1) is 5.92 Å². The summed E-state index contributed by atoms with van der Waals surface area (Å²) in [5, 5.41) is 3.07.